The van der Waals surface area contributed by atoms with E-state index in [0.29, 0.717) is 23.8 Å². The first-order valence-corrected chi connectivity index (χ1v) is 10.7. The molecule has 0 saturated carbocycles. The van der Waals surface area contributed by atoms with Crippen LogP contribution >= 0.6 is 12.2 Å². The second kappa shape index (κ2) is 11.5. The first-order chi connectivity index (χ1) is 14.3. The Balaban J connectivity index is 1.89. The number of carbonyl (C=O) groups is 2. The second-order valence-corrected chi connectivity index (χ2v) is 8.13. The maximum Gasteiger partial charge on any atom is 0.338 e. The van der Waals surface area contributed by atoms with Gasteiger partial charge in [-0.25, -0.2) is 4.79 Å². The van der Waals surface area contributed by atoms with Crippen molar-refractivity contribution >= 4 is 34.9 Å². The molecule has 0 aliphatic rings. The van der Waals surface area contributed by atoms with Gasteiger partial charge in [0.05, 0.1) is 18.1 Å². The number of rotatable bonds is 8. The van der Waals surface area contributed by atoms with Crippen LogP contribution in [0.2, 0.25) is 0 Å². The molecule has 0 spiro atoms. The van der Waals surface area contributed by atoms with Gasteiger partial charge in [-0.2, -0.15) is 0 Å². The van der Waals surface area contributed by atoms with Gasteiger partial charge in [0.2, 0.25) is 5.91 Å². The molecule has 1 unspecified atom stereocenters. The van der Waals surface area contributed by atoms with Crippen molar-refractivity contribution in [2.24, 2.45) is 5.92 Å². The van der Waals surface area contributed by atoms with Gasteiger partial charge in [-0.15, -0.1) is 0 Å². The third-order valence-electron chi connectivity index (χ3n) is 4.57. The highest BCUT2D eigenvalue weighted by Gasteiger charge is 2.16. The van der Waals surface area contributed by atoms with Crippen LogP contribution in [0, 0.1) is 5.92 Å². The molecule has 2 N–H and O–H groups in total. The van der Waals surface area contributed by atoms with Crippen molar-refractivity contribution in [3.05, 3.63) is 65.2 Å². The molecule has 6 heteroatoms. The minimum Gasteiger partial charge on any atom is -0.462 e. The number of anilines is 1. The van der Waals surface area contributed by atoms with Gasteiger partial charge in [0, 0.05) is 5.69 Å². The van der Waals surface area contributed by atoms with Crippen LogP contribution in [-0.4, -0.2) is 23.6 Å². The van der Waals surface area contributed by atoms with Crippen molar-refractivity contribution in [1.29, 1.82) is 0 Å². The largest absolute Gasteiger partial charge is 0.462 e. The molecule has 5 nitrogen and oxygen atoms in total. The molecule has 2 aromatic rings. The normalized spacial score (nSPS) is 11.6. The van der Waals surface area contributed by atoms with Crippen molar-refractivity contribution in [1.82, 2.24) is 5.32 Å². The minimum atomic E-state index is -0.354. The Morgan fingerprint density at radius 2 is 1.63 bits per heavy atom. The van der Waals surface area contributed by atoms with E-state index in [0.717, 1.165) is 18.4 Å². The van der Waals surface area contributed by atoms with Crippen LogP contribution in [-0.2, 0) is 16.0 Å². The smallest absolute Gasteiger partial charge is 0.338 e. The summed E-state index contributed by atoms with van der Waals surface area (Å²) in [4.78, 5) is 24.4. The summed E-state index contributed by atoms with van der Waals surface area (Å²) >= 11 is 5.26. The molecule has 0 radical (unpaired) electrons. The zero-order valence-corrected chi connectivity index (χ0v) is 18.8. The third kappa shape index (κ3) is 7.26. The molecule has 1 atom stereocenters. The zero-order chi connectivity index (χ0) is 22.1. The lowest BCUT2D eigenvalue weighted by atomic mass is 9.96. The molecule has 0 fully saturated rings. The number of hydrogen-bond donors (Lipinski definition) is 2. The highest BCUT2D eigenvalue weighted by atomic mass is 32.1. The molecule has 0 aliphatic heterocycles. The summed E-state index contributed by atoms with van der Waals surface area (Å²) < 4.78 is 5.10. The van der Waals surface area contributed by atoms with Gasteiger partial charge < -0.3 is 15.4 Å². The molecule has 0 aromatic heterocycles. The standard InChI is InChI=1S/C24H30N2O3S/c1-5-14-29-23(28)20-10-12-21(13-11-20)25-24(30)26-22(27)17(4)19-8-6-18(7-9-19)15-16(2)3/h6-13,16-17H,5,14-15H2,1-4H3,(H2,25,26,27,30). The summed E-state index contributed by atoms with van der Waals surface area (Å²) in [5, 5.41) is 5.91. The lowest BCUT2D eigenvalue weighted by molar-refractivity contribution is -0.120. The van der Waals surface area contributed by atoms with E-state index in [9.17, 15) is 9.59 Å². The van der Waals surface area contributed by atoms with Gasteiger partial charge in [-0.3, -0.25) is 4.79 Å². The quantitative estimate of drug-likeness (QED) is 0.456. The Bertz CT molecular complexity index is 861. The van der Waals surface area contributed by atoms with E-state index in [1.165, 1.54) is 5.56 Å². The average molecular weight is 427 g/mol. The van der Waals surface area contributed by atoms with E-state index >= 15 is 0 Å². The van der Waals surface area contributed by atoms with Crippen molar-refractivity contribution in [2.45, 2.75) is 46.5 Å². The summed E-state index contributed by atoms with van der Waals surface area (Å²) in [6, 6.07) is 14.9. The first-order valence-electron chi connectivity index (χ1n) is 10.3. The van der Waals surface area contributed by atoms with Gasteiger partial charge in [-0.05, 0) is 73.3 Å². The molecule has 2 rings (SSSR count). The van der Waals surface area contributed by atoms with Gasteiger partial charge in [-0.1, -0.05) is 45.0 Å². The first kappa shape index (κ1) is 23.5. The molecule has 0 aliphatic carbocycles. The molecule has 0 heterocycles. The van der Waals surface area contributed by atoms with Crippen LogP contribution in [0.1, 0.15) is 61.5 Å². The Hall–Kier alpha value is -2.73. The fourth-order valence-electron chi connectivity index (χ4n) is 2.92. The number of hydrogen-bond acceptors (Lipinski definition) is 4. The topological polar surface area (TPSA) is 67.4 Å². The average Bonchev–Trinajstić information content (AvgIpc) is 2.72. The molecule has 160 valence electrons. The number of nitrogens with one attached hydrogen (secondary N) is 2. The summed E-state index contributed by atoms with van der Waals surface area (Å²) in [6.45, 7) is 8.56. The number of benzene rings is 2. The van der Waals surface area contributed by atoms with Crippen molar-refractivity contribution in [3.63, 3.8) is 0 Å². The third-order valence-corrected chi connectivity index (χ3v) is 4.77. The Morgan fingerprint density at radius 3 is 2.20 bits per heavy atom. The molecule has 2 aromatic carbocycles. The number of amides is 1. The van der Waals surface area contributed by atoms with E-state index in [2.05, 4.69) is 36.6 Å². The predicted molar refractivity (Wildman–Crippen MR) is 125 cm³/mol. The highest BCUT2D eigenvalue weighted by Crippen LogP contribution is 2.18. The maximum atomic E-state index is 12.6. The van der Waals surface area contributed by atoms with Crippen LogP contribution in [0.5, 0.6) is 0 Å². The molecule has 0 bridgehead atoms. The predicted octanol–water partition coefficient (Wildman–Crippen LogP) is 5.07. The summed E-state index contributed by atoms with van der Waals surface area (Å²) in [7, 11) is 0. The van der Waals surface area contributed by atoms with Crippen molar-refractivity contribution < 1.29 is 14.3 Å². The molecular weight excluding hydrogens is 396 g/mol. The molecule has 1 amide bonds. The van der Waals surface area contributed by atoms with Crippen LogP contribution in [0.4, 0.5) is 5.69 Å². The Morgan fingerprint density at radius 1 is 1.00 bits per heavy atom. The summed E-state index contributed by atoms with van der Waals surface area (Å²) in [6.07, 6.45) is 1.80. The van der Waals surface area contributed by atoms with Gasteiger partial charge >= 0.3 is 5.97 Å². The number of ether oxygens (including phenoxy) is 1. The van der Waals surface area contributed by atoms with Crippen molar-refractivity contribution in [3.8, 4) is 0 Å². The Kier molecular flexibility index (Phi) is 8.99. The minimum absolute atomic E-state index is 0.177. The second-order valence-electron chi connectivity index (χ2n) is 7.72. The summed E-state index contributed by atoms with van der Waals surface area (Å²) in [5.41, 5.74) is 3.36. The van der Waals surface area contributed by atoms with E-state index < -0.39 is 0 Å². The van der Waals surface area contributed by atoms with E-state index in [4.69, 9.17) is 17.0 Å². The number of thiocarbonyl (C=S) groups is 1. The number of esters is 1. The van der Waals surface area contributed by atoms with E-state index in [-0.39, 0.29) is 22.9 Å². The van der Waals surface area contributed by atoms with Crippen LogP contribution in [0.25, 0.3) is 0 Å². The van der Waals surface area contributed by atoms with E-state index in [1.807, 2.05) is 26.0 Å². The molecule has 0 saturated heterocycles. The maximum absolute atomic E-state index is 12.6. The monoisotopic (exact) mass is 426 g/mol. The van der Waals surface area contributed by atoms with Crippen LogP contribution in [0.15, 0.2) is 48.5 Å². The van der Waals surface area contributed by atoms with Crippen molar-refractivity contribution in [2.75, 3.05) is 11.9 Å². The zero-order valence-electron chi connectivity index (χ0n) is 18.0. The van der Waals surface area contributed by atoms with Gasteiger partial charge in [0.1, 0.15) is 0 Å². The van der Waals surface area contributed by atoms with Gasteiger partial charge in [0.15, 0.2) is 5.11 Å². The summed E-state index contributed by atoms with van der Waals surface area (Å²) in [5.74, 6) is -0.263. The molecule has 30 heavy (non-hydrogen) atoms. The number of carbonyl (C=O) groups excluding carboxylic acids is 2. The Labute approximate surface area is 184 Å². The van der Waals surface area contributed by atoms with Gasteiger partial charge in [0.25, 0.3) is 0 Å². The lowest BCUT2D eigenvalue weighted by Crippen LogP contribution is -2.36. The fraction of sp³-hybridized carbons (Fsp3) is 0.375. The van der Waals surface area contributed by atoms with E-state index in [1.54, 1.807) is 24.3 Å². The lowest BCUT2D eigenvalue weighted by Gasteiger charge is -2.15. The van der Waals surface area contributed by atoms with Crippen LogP contribution in [0.3, 0.4) is 0 Å². The van der Waals surface area contributed by atoms with Crippen LogP contribution < -0.4 is 10.6 Å². The highest BCUT2D eigenvalue weighted by molar-refractivity contribution is 7.80. The fourth-order valence-corrected chi connectivity index (χ4v) is 3.13. The molecular formula is C24H30N2O3S. The SMILES string of the molecule is CCCOC(=O)c1ccc(NC(=S)NC(=O)C(C)c2ccc(CC(C)C)cc2)cc1.